The molecule has 1 amide bonds. The molecule has 0 unspecified atom stereocenters. The number of benzene rings is 1. The molecule has 32 heavy (non-hydrogen) atoms. The van der Waals surface area contributed by atoms with Gasteiger partial charge in [-0.1, -0.05) is 0 Å². The third kappa shape index (κ3) is 5.85. The number of sulfonamides is 1. The van der Waals surface area contributed by atoms with Crippen molar-refractivity contribution in [3.05, 3.63) is 35.4 Å². The Hall–Kier alpha value is -1.58. The van der Waals surface area contributed by atoms with E-state index in [0.717, 1.165) is 31.6 Å². The number of likely N-dealkylation sites (tertiary alicyclic amines) is 1. The molecule has 9 heteroatoms. The van der Waals surface area contributed by atoms with Gasteiger partial charge in [0.1, 0.15) is 11.6 Å². The van der Waals surface area contributed by atoms with E-state index in [1.54, 1.807) is 0 Å². The molecule has 1 saturated heterocycles. The zero-order chi connectivity index (χ0) is 22.9. The van der Waals surface area contributed by atoms with Crippen molar-refractivity contribution >= 4 is 15.9 Å². The van der Waals surface area contributed by atoms with Crippen LogP contribution in [0.4, 0.5) is 8.78 Å². The van der Waals surface area contributed by atoms with Gasteiger partial charge in [0.05, 0.1) is 25.0 Å². The number of hydrogen-bond donors (Lipinski definition) is 1. The first-order chi connectivity index (χ1) is 15.2. The summed E-state index contributed by atoms with van der Waals surface area (Å²) in [4.78, 5) is 14.6. The lowest BCUT2D eigenvalue weighted by Gasteiger charge is -2.42. The molecule has 0 bridgehead atoms. The van der Waals surface area contributed by atoms with Crippen LogP contribution in [0.25, 0.3) is 0 Å². The summed E-state index contributed by atoms with van der Waals surface area (Å²) < 4.78 is 60.3. The van der Waals surface area contributed by atoms with E-state index in [4.69, 9.17) is 4.74 Å². The van der Waals surface area contributed by atoms with E-state index in [0.29, 0.717) is 44.2 Å². The first kappa shape index (κ1) is 23.6. The lowest BCUT2D eigenvalue weighted by atomic mass is 9.82. The second kappa shape index (κ2) is 9.73. The number of carbonyl (C=O) groups is 1. The minimum Gasteiger partial charge on any atom is -0.376 e. The standard InChI is InChI=1S/C23H32F2N2O4S/c1-32(29,30)26-21-3-2-12-27(23(28)16-4-5-16)22(21)14-31-18-9-6-15(7-10-18)19-13-17(24)8-11-20(19)25/h8,11,13,15-16,18,21-22,26H,2-7,9-10,12,14H2,1H3/t15-,18+,21-,22-/m0/s1. The minimum atomic E-state index is -3.41. The van der Waals surface area contributed by atoms with Crippen LogP contribution in [0.2, 0.25) is 0 Å². The van der Waals surface area contributed by atoms with E-state index in [2.05, 4.69) is 4.72 Å². The van der Waals surface area contributed by atoms with Crippen LogP contribution in [0.3, 0.4) is 0 Å². The molecule has 3 fully saturated rings. The van der Waals surface area contributed by atoms with Crippen LogP contribution in [-0.2, 0) is 19.6 Å². The molecule has 6 nitrogen and oxygen atoms in total. The van der Waals surface area contributed by atoms with Crippen molar-refractivity contribution in [3.8, 4) is 0 Å². The lowest BCUT2D eigenvalue weighted by molar-refractivity contribution is -0.139. The number of rotatable bonds is 7. The fourth-order valence-corrected chi connectivity index (χ4v) is 5.94. The molecule has 4 rings (SSSR count). The van der Waals surface area contributed by atoms with Gasteiger partial charge >= 0.3 is 0 Å². The third-order valence-electron chi connectivity index (χ3n) is 6.93. The highest BCUT2D eigenvalue weighted by Crippen LogP contribution is 2.37. The van der Waals surface area contributed by atoms with E-state index in [9.17, 15) is 22.0 Å². The van der Waals surface area contributed by atoms with Gasteiger partial charge in [0, 0.05) is 18.5 Å². The van der Waals surface area contributed by atoms with Crippen molar-refractivity contribution in [1.82, 2.24) is 9.62 Å². The number of ether oxygens (including phenoxy) is 1. The average molecular weight is 471 g/mol. The first-order valence-electron chi connectivity index (χ1n) is 11.6. The smallest absolute Gasteiger partial charge is 0.226 e. The SMILES string of the molecule is CS(=O)(=O)N[C@H]1CCCN(C(=O)C2CC2)[C@H]1CO[C@H]1CC[C@@H](c2cc(F)ccc2F)CC1. The molecule has 1 heterocycles. The van der Waals surface area contributed by atoms with Crippen molar-refractivity contribution in [2.45, 2.75) is 75.5 Å². The Morgan fingerprint density at radius 1 is 1.12 bits per heavy atom. The van der Waals surface area contributed by atoms with Crippen LogP contribution in [0.1, 0.15) is 62.8 Å². The molecule has 2 saturated carbocycles. The summed E-state index contributed by atoms with van der Waals surface area (Å²) in [6, 6.07) is 2.90. The van der Waals surface area contributed by atoms with Crippen LogP contribution >= 0.6 is 0 Å². The van der Waals surface area contributed by atoms with Crippen LogP contribution in [0.5, 0.6) is 0 Å². The molecule has 0 radical (unpaired) electrons. The topological polar surface area (TPSA) is 75.7 Å². The zero-order valence-electron chi connectivity index (χ0n) is 18.4. The Bertz CT molecular complexity index is 930. The molecule has 0 aromatic heterocycles. The summed E-state index contributed by atoms with van der Waals surface area (Å²) in [6.45, 7) is 0.895. The highest BCUT2D eigenvalue weighted by molar-refractivity contribution is 7.88. The molecule has 1 aliphatic heterocycles. The van der Waals surface area contributed by atoms with Crippen molar-refractivity contribution in [2.75, 3.05) is 19.4 Å². The second-order valence-electron chi connectivity index (χ2n) is 9.48. The highest BCUT2D eigenvalue weighted by atomic mass is 32.2. The van der Waals surface area contributed by atoms with Crippen molar-refractivity contribution < 1.29 is 26.7 Å². The van der Waals surface area contributed by atoms with Gasteiger partial charge in [-0.15, -0.1) is 0 Å². The minimum absolute atomic E-state index is 0.0344. The molecule has 2 aliphatic carbocycles. The Morgan fingerprint density at radius 3 is 2.50 bits per heavy atom. The summed E-state index contributed by atoms with van der Waals surface area (Å²) >= 11 is 0. The third-order valence-corrected chi connectivity index (χ3v) is 7.66. The molecule has 2 atom stereocenters. The predicted octanol–water partition coefficient (Wildman–Crippen LogP) is 3.33. The summed E-state index contributed by atoms with van der Waals surface area (Å²) in [5.74, 6) is -0.674. The van der Waals surface area contributed by atoms with Crippen LogP contribution in [-0.4, -0.2) is 56.8 Å². The highest BCUT2D eigenvalue weighted by Gasteiger charge is 2.41. The maximum Gasteiger partial charge on any atom is 0.226 e. The Balaban J connectivity index is 1.37. The average Bonchev–Trinajstić information content (AvgIpc) is 3.59. The summed E-state index contributed by atoms with van der Waals surface area (Å²) in [7, 11) is -3.41. The summed E-state index contributed by atoms with van der Waals surface area (Å²) in [5.41, 5.74) is 0.425. The maximum atomic E-state index is 14.1. The van der Waals surface area contributed by atoms with E-state index in [1.165, 1.54) is 12.1 Å². The number of nitrogens with zero attached hydrogens (tertiary/aromatic N) is 1. The van der Waals surface area contributed by atoms with Gasteiger partial charge in [-0.25, -0.2) is 21.9 Å². The van der Waals surface area contributed by atoms with Gasteiger partial charge in [-0.05, 0) is 81.0 Å². The van der Waals surface area contributed by atoms with Crippen LogP contribution in [0, 0.1) is 17.6 Å². The van der Waals surface area contributed by atoms with Gasteiger partial charge in [0.25, 0.3) is 0 Å². The van der Waals surface area contributed by atoms with Crippen LogP contribution in [0.15, 0.2) is 18.2 Å². The van der Waals surface area contributed by atoms with Gasteiger partial charge in [-0.2, -0.15) is 0 Å². The summed E-state index contributed by atoms with van der Waals surface area (Å²) in [6.07, 6.45) is 7.15. The first-order valence-corrected chi connectivity index (χ1v) is 13.4. The van der Waals surface area contributed by atoms with Gasteiger partial charge in [-0.3, -0.25) is 4.79 Å². The number of piperidine rings is 1. The zero-order valence-corrected chi connectivity index (χ0v) is 19.3. The molecule has 1 aromatic carbocycles. The van der Waals surface area contributed by atoms with Gasteiger partial charge in [0.2, 0.25) is 15.9 Å². The lowest BCUT2D eigenvalue weighted by Crippen LogP contribution is -2.59. The van der Waals surface area contributed by atoms with E-state index < -0.39 is 15.8 Å². The van der Waals surface area contributed by atoms with E-state index in [1.807, 2.05) is 4.90 Å². The second-order valence-corrected chi connectivity index (χ2v) is 11.3. The van der Waals surface area contributed by atoms with Crippen molar-refractivity contribution in [3.63, 3.8) is 0 Å². The maximum absolute atomic E-state index is 14.1. The molecule has 0 spiro atoms. The molecular formula is C23H32F2N2O4S. The molecule has 178 valence electrons. The number of nitrogens with one attached hydrogen (secondary N) is 1. The quantitative estimate of drug-likeness (QED) is 0.663. The molecular weight excluding hydrogens is 438 g/mol. The number of halogens is 2. The monoisotopic (exact) mass is 470 g/mol. The predicted molar refractivity (Wildman–Crippen MR) is 117 cm³/mol. The Labute approximate surface area is 188 Å². The molecule has 1 aromatic rings. The van der Waals surface area contributed by atoms with Gasteiger partial charge in [0.15, 0.2) is 0 Å². The molecule has 3 aliphatic rings. The van der Waals surface area contributed by atoms with Crippen molar-refractivity contribution in [2.24, 2.45) is 5.92 Å². The molecule has 1 N–H and O–H groups in total. The van der Waals surface area contributed by atoms with E-state index in [-0.39, 0.29) is 48.4 Å². The Kier molecular flexibility index (Phi) is 7.17. The largest absolute Gasteiger partial charge is 0.376 e. The van der Waals surface area contributed by atoms with Crippen LogP contribution < -0.4 is 4.72 Å². The fourth-order valence-electron chi connectivity index (χ4n) is 5.12. The van der Waals surface area contributed by atoms with E-state index >= 15 is 0 Å². The number of amides is 1. The number of carbonyl (C=O) groups excluding carboxylic acids is 1. The normalized spacial score (nSPS) is 29.2. The summed E-state index contributed by atoms with van der Waals surface area (Å²) in [5, 5.41) is 0. The van der Waals surface area contributed by atoms with Gasteiger partial charge < -0.3 is 9.64 Å². The number of hydrogen-bond acceptors (Lipinski definition) is 4. The fraction of sp³-hybridized carbons (Fsp3) is 0.696. The van der Waals surface area contributed by atoms with Crippen molar-refractivity contribution in [1.29, 1.82) is 0 Å². The Morgan fingerprint density at radius 2 is 1.84 bits per heavy atom.